The molecule has 1 aliphatic heterocycles. The van der Waals surface area contributed by atoms with Crippen LogP contribution < -0.4 is 10.6 Å². The number of carboxylic acid groups (broad SMARTS) is 1. The van der Waals surface area contributed by atoms with E-state index in [4.69, 9.17) is 9.84 Å². The van der Waals surface area contributed by atoms with Gasteiger partial charge < -0.3 is 20.5 Å². The first-order chi connectivity index (χ1) is 8.12. The molecule has 6 heteroatoms. The van der Waals surface area contributed by atoms with E-state index >= 15 is 0 Å². The highest BCUT2D eigenvalue weighted by Gasteiger charge is 2.50. The van der Waals surface area contributed by atoms with E-state index in [-0.39, 0.29) is 18.6 Å². The number of hydrogen-bond acceptors (Lipinski definition) is 3. The van der Waals surface area contributed by atoms with Gasteiger partial charge in [0, 0.05) is 25.8 Å². The van der Waals surface area contributed by atoms with Crippen LogP contribution in [0.5, 0.6) is 0 Å². The molecule has 1 saturated heterocycles. The highest BCUT2D eigenvalue weighted by molar-refractivity contribution is 5.80. The van der Waals surface area contributed by atoms with E-state index in [1.54, 1.807) is 0 Å². The topological polar surface area (TPSA) is 87.7 Å². The third kappa shape index (κ3) is 3.09. The molecule has 0 unspecified atom stereocenters. The number of carboxylic acids is 1. The molecule has 17 heavy (non-hydrogen) atoms. The van der Waals surface area contributed by atoms with Gasteiger partial charge in [-0.05, 0) is 25.7 Å². The van der Waals surface area contributed by atoms with Crippen molar-refractivity contribution in [1.82, 2.24) is 10.6 Å². The maximum absolute atomic E-state index is 11.6. The molecule has 2 fully saturated rings. The minimum absolute atomic E-state index is 0.142. The lowest BCUT2D eigenvalue weighted by Crippen LogP contribution is -2.46. The molecule has 1 heterocycles. The van der Waals surface area contributed by atoms with Crippen molar-refractivity contribution in [1.29, 1.82) is 0 Å². The third-order valence-electron chi connectivity index (χ3n) is 3.45. The van der Waals surface area contributed by atoms with Gasteiger partial charge in [-0.15, -0.1) is 0 Å². The minimum Gasteiger partial charge on any atom is -0.481 e. The zero-order valence-corrected chi connectivity index (χ0v) is 9.70. The second-order valence-electron chi connectivity index (χ2n) is 4.80. The molecule has 6 nitrogen and oxygen atoms in total. The molecule has 0 spiro atoms. The number of carbonyl (C=O) groups excluding carboxylic acids is 1. The van der Waals surface area contributed by atoms with Gasteiger partial charge in [0.1, 0.15) is 0 Å². The van der Waals surface area contributed by atoms with Gasteiger partial charge in [0.15, 0.2) is 0 Å². The Kier molecular flexibility index (Phi) is 3.51. The van der Waals surface area contributed by atoms with Crippen molar-refractivity contribution in [3.63, 3.8) is 0 Å². The number of ether oxygens (including phenoxy) is 1. The summed E-state index contributed by atoms with van der Waals surface area (Å²) in [4.78, 5) is 22.5. The predicted molar refractivity (Wildman–Crippen MR) is 59.7 cm³/mol. The summed E-state index contributed by atoms with van der Waals surface area (Å²) in [5, 5.41) is 14.4. The SMILES string of the molecule is O=C(NCC1(C(=O)O)CC1)NC1CCOCC1. The van der Waals surface area contributed by atoms with Crippen LogP contribution in [0, 0.1) is 5.41 Å². The minimum atomic E-state index is -0.816. The Balaban J connectivity index is 1.69. The lowest BCUT2D eigenvalue weighted by molar-refractivity contribution is -0.143. The van der Waals surface area contributed by atoms with Crippen LogP contribution in [0.15, 0.2) is 0 Å². The average Bonchev–Trinajstić information content (AvgIpc) is 3.09. The number of amides is 2. The predicted octanol–water partition coefficient (Wildman–Crippen LogP) is 0.329. The Morgan fingerprint density at radius 1 is 1.29 bits per heavy atom. The summed E-state index contributed by atoms with van der Waals surface area (Å²) in [6.45, 7) is 1.56. The van der Waals surface area contributed by atoms with E-state index < -0.39 is 11.4 Å². The molecular formula is C11H18N2O4. The van der Waals surface area contributed by atoms with Gasteiger partial charge in [0.25, 0.3) is 0 Å². The van der Waals surface area contributed by atoms with Crippen molar-refractivity contribution in [3.05, 3.63) is 0 Å². The molecule has 0 aromatic rings. The van der Waals surface area contributed by atoms with Crippen LogP contribution in [-0.2, 0) is 9.53 Å². The quantitative estimate of drug-likeness (QED) is 0.663. The van der Waals surface area contributed by atoms with Crippen molar-refractivity contribution >= 4 is 12.0 Å². The highest BCUT2D eigenvalue weighted by Crippen LogP contribution is 2.45. The summed E-state index contributed by atoms with van der Waals surface area (Å²) in [5.74, 6) is -0.816. The second kappa shape index (κ2) is 4.91. The van der Waals surface area contributed by atoms with Crippen LogP contribution >= 0.6 is 0 Å². The Labute approximate surface area is 99.7 Å². The molecule has 0 aromatic carbocycles. The Morgan fingerprint density at radius 3 is 2.47 bits per heavy atom. The first-order valence-electron chi connectivity index (χ1n) is 5.98. The van der Waals surface area contributed by atoms with Gasteiger partial charge in [-0.1, -0.05) is 0 Å². The molecule has 0 aromatic heterocycles. The first-order valence-corrected chi connectivity index (χ1v) is 5.98. The molecule has 0 bridgehead atoms. The molecule has 1 saturated carbocycles. The largest absolute Gasteiger partial charge is 0.481 e. The van der Waals surface area contributed by atoms with Crippen LogP contribution in [0.1, 0.15) is 25.7 Å². The van der Waals surface area contributed by atoms with Crippen molar-refractivity contribution in [2.75, 3.05) is 19.8 Å². The number of rotatable bonds is 4. The fraction of sp³-hybridized carbons (Fsp3) is 0.818. The van der Waals surface area contributed by atoms with Crippen LogP contribution in [0.2, 0.25) is 0 Å². The van der Waals surface area contributed by atoms with Crippen molar-refractivity contribution in [2.45, 2.75) is 31.7 Å². The summed E-state index contributed by atoms with van der Waals surface area (Å²) in [7, 11) is 0. The molecule has 1 aliphatic carbocycles. The lowest BCUT2D eigenvalue weighted by Gasteiger charge is -2.23. The van der Waals surface area contributed by atoms with Crippen LogP contribution in [-0.4, -0.2) is 42.9 Å². The summed E-state index contributed by atoms with van der Waals surface area (Å²) in [6, 6.07) is -0.131. The zero-order valence-electron chi connectivity index (χ0n) is 9.70. The number of carbonyl (C=O) groups is 2. The Bertz CT molecular complexity index is 309. The number of aliphatic carboxylic acids is 1. The van der Waals surface area contributed by atoms with Crippen LogP contribution in [0.4, 0.5) is 4.79 Å². The van der Waals surface area contributed by atoms with Crippen molar-refractivity contribution < 1.29 is 19.4 Å². The van der Waals surface area contributed by atoms with Gasteiger partial charge in [0.2, 0.25) is 0 Å². The number of nitrogens with one attached hydrogen (secondary N) is 2. The standard InChI is InChI=1S/C11H18N2O4/c14-9(15)11(3-4-11)7-12-10(16)13-8-1-5-17-6-2-8/h8H,1-7H2,(H,14,15)(H2,12,13,16). The van der Waals surface area contributed by atoms with Crippen LogP contribution in [0.25, 0.3) is 0 Å². The van der Waals surface area contributed by atoms with Gasteiger partial charge in [-0.2, -0.15) is 0 Å². The average molecular weight is 242 g/mol. The second-order valence-corrected chi connectivity index (χ2v) is 4.80. The summed E-state index contributed by atoms with van der Waals surface area (Å²) in [6.07, 6.45) is 2.94. The van der Waals surface area contributed by atoms with Crippen LogP contribution in [0.3, 0.4) is 0 Å². The zero-order chi connectivity index (χ0) is 12.3. The monoisotopic (exact) mass is 242 g/mol. The van der Waals surface area contributed by atoms with Gasteiger partial charge in [-0.25, -0.2) is 4.79 Å². The first kappa shape index (κ1) is 12.2. The Morgan fingerprint density at radius 2 is 1.94 bits per heavy atom. The highest BCUT2D eigenvalue weighted by atomic mass is 16.5. The fourth-order valence-corrected chi connectivity index (χ4v) is 1.94. The third-order valence-corrected chi connectivity index (χ3v) is 3.45. The van der Waals surface area contributed by atoms with E-state index in [0.717, 1.165) is 12.8 Å². The smallest absolute Gasteiger partial charge is 0.315 e. The number of urea groups is 1. The summed E-state index contributed by atoms with van der Waals surface area (Å²) < 4.78 is 5.19. The molecule has 2 aliphatic rings. The Hall–Kier alpha value is -1.30. The summed E-state index contributed by atoms with van der Waals surface area (Å²) in [5.41, 5.74) is -0.701. The molecule has 3 N–H and O–H groups in total. The van der Waals surface area contributed by atoms with Gasteiger partial charge in [0.05, 0.1) is 5.41 Å². The molecule has 2 rings (SSSR count). The maximum atomic E-state index is 11.6. The van der Waals surface area contributed by atoms with Gasteiger partial charge >= 0.3 is 12.0 Å². The molecule has 0 atom stereocenters. The van der Waals surface area contributed by atoms with E-state index in [9.17, 15) is 9.59 Å². The maximum Gasteiger partial charge on any atom is 0.315 e. The normalized spacial score (nSPS) is 22.8. The summed E-state index contributed by atoms with van der Waals surface area (Å²) >= 11 is 0. The lowest BCUT2D eigenvalue weighted by atomic mass is 10.1. The van der Waals surface area contributed by atoms with E-state index in [2.05, 4.69) is 10.6 Å². The fourth-order valence-electron chi connectivity index (χ4n) is 1.94. The van der Waals surface area contributed by atoms with E-state index in [0.29, 0.717) is 26.1 Å². The molecule has 96 valence electrons. The molecule has 0 radical (unpaired) electrons. The van der Waals surface area contributed by atoms with E-state index in [1.165, 1.54) is 0 Å². The van der Waals surface area contributed by atoms with E-state index in [1.807, 2.05) is 0 Å². The number of hydrogen-bond donors (Lipinski definition) is 3. The molecule has 2 amide bonds. The van der Waals surface area contributed by atoms with Crippen molar-refractivity contribution in [3.8, 4) is 0 Å². The van der Waals surface area contributed by atoms with Gasteiger partial charge in [-0.3, -0.25) is 4.79 Å². The molecular weight excluding hydrogens is 224 g/mol. The van der Waals surface area contributed by atoms with Crippen molar-refractivity contribution in [2.24, 2.45) is 5.41 Å².